The van der Waals surface area contributed by atoms with E-state index in [9.17, 15) is 0 Å². The van der Waals surface area contributed by atoms with Crippen LogP contribution >= 0.6 is 0 Å². The number of rotatable bonds is 5. The van der Waals surface area contributed by atoms with Gasteiger partial charge in [-0.05, 0) is 18.2 Å². The third kappa shape index (κ3) is 4.00. The number of piperazine rings is 1. The average molecular weight is 348 g/mol. The second kappa shape index (κ2) is 7.81. The van der Waals surface area contributed by atoms with Crippen molar-refractivity contribution in [2.45, 2.75) is 19.0 Å². The minimum absolute atomic E-state index is 0.347. The highest BCUT2D eigenvalue weighted by atomic mass is 16.4. The first-order valence-corrected chi connectivity index (χ1v) is 9.10. The van der Waals surface area contributed by atoms with Crippen molar-refractivity contribution in [2.24, 2.45) is 0 Å². The van der Waals surface area contributed by atoms with Crippen molar-refractivity contribution in [2.75, 3.05) is 26.7 Å². The molecule has 2 aromatic carbocycles. The third-order valence-corrected chi connectivity index (χ3v) is 4.92. The lowest BCUT2D eigenvalue weighted by Crippen LogP contribution is -2.46. The van der Waals surface area contributed by atoms with Crippen molar-refractivity contribution >= 4 is 0 Å². The van der Waals surface area contributed by atoms with Crippen LogP contribution in [0.3, 0.4) is 0 Å². The summed E-state index contributed by atoms with van der Waals surface area (Å²) in [5.74, 6) is 1.37. The van der Waals surface area contributed by atoms with Crippen LogP contribution in [0.4, 0.5) is 0 Å². The van der Waals surface area contributed by atoms with Gasteiger partial charge in [0.25, 0.3) is 0 Å². The Balaban J connectivity index is 1.47. The first-order chi connectivity index (χ1) is 12.8. The maximum atomic E-state index is 5.92. The van der Waals surface area contributed by atoms with Gasteiger partial charge in [0.15, 0.2) is 0 Å². The molecule has 134 valence electrons. The molecule has 4 rings (SSSR count). The molecule has 5 heteroatoms. The summed E-state index contributed by atoms with van der Waals surface area (Å²) in [7, 11) is 2.18. The Morgan fingerprint density at radius 3 is 2.38 bits per heavy atom. The maximum absolute atomic E-state index is 5.92. The van der Waals surface area contributed by atoms with Crippen molar-refractivity contribution in [3.8, 4) is 0 Å². The molecule has 0 bridgehead atoms. The zero-order valence-electron chi connectivity index (χ0n) is 15.1. The van der Waals surface area contributed by atoms with Crippen LogP contribution in [0.1, 0.15) is 29.0 Å². The number of aromatic nitrogens is 2. The average Bonchev–Trinajstić information content (AvgIpc) is 3.11. The third-order valence-electron chi connectivity index (χ3n) is 4.92. The topological polar surface area (TPSA) is 45.4 Å². The van der Waals surface area contributed by atoms with Gasteiger partial charge in [0, 0.05) is 25.7 Å². The van der Waals surface area contributed by atoms with E-state index in [2.05, 4.69) is 69.5 Å². The highest BCUT2D eigenvalue weighted by Crippen LogP contribution is 2.26. The van der Waals surface area contributed by atoms with Crippen molar-refractivity contribution in [3.05, 3.63) is 83.6 Å². The summed E-state index contributed by atoms with van der Waals surface area (Å²) >= 11 is 0. The zero-order valence-corrected chi connectivity index (χ0v) is 15.1. The number of benzene rings is 2. The van der Waals surface area contributed by atoms with Crippen molar-refractivity contribution in [1.29, 1.82) is 0 Å². The Labute approximate surface area is 154 Å². The van der Waals surface area contributed by atoms with Crippen LogP contribution in [0.15, 0.2) is 65.1 Å². The lowest BCUT2D eigenvalue weighted by atomic mass is 10.0. The first-order valence-electron chi connectivity index (χ1n) is 9.10. The minimum Gasteiger partial charge on any atom is -0.424 e. The fourth-order valence-electron chi connectivity index (χ4n) is 3.51. The van der Waals surface area contributed by atoms with E-state index in [0.717, 1.165) is 19.6 Å². The number of likely N-dealkylation sites (N-methyl/N-ethyl adjacent to an activating group) is 1. The summed E-state index contributed by atoms with van der Waals surface area (Å²) < 4.78 is 5.92. The fraction of sp³-hybridized carbons (Fsp3) is 0.333. The van der Waals surface area contributed by atoms with Crippen LogP contribution in [-0.2, 0) is 13.0 Å². The molecule has 0 amide bonds. The van der Waals surface area contributed by atoms with Gasteiger partial charge >= 0.3 is 0 Å². The number of nitrogens with zero attached hydrogens (tertiary/aromatic N) is 4. The second-order valence-corrected chi connectivity index (χ2v) is 6.91. The molecule has 1 aliphatic heterocycles. The Bertz CT molecular complexity index is 818. The van der Waals surface area contributed by atoms with Gasteiger partial charge in [-0.3, -0.25) is 4.90 Å². The molecular weight excluding hydrogens is 324 g/mol. The molecule has 0 N–H and O–H groups in total. The quantitative estimate of drug-likeness (QED) is 0.709. The lowest BCUT2D eigenvalue weighted by molar-refractivity contribution is 0.0754. The molecule has 3 aromatic rings. The van der Waals surface area contributed by atoms with Crippen LogP contribution in [0, 0.1) is 0 Å². The van der Waals surface area contributed by atoms with Crippen LogP contribution < -0.4 is 0 Å². The Morgan fingerprint density at radius 2 is 1.62 bits per heavy atom. The molecule has 0 radical (unpaired) electrons. The van der Waals surface area contributed by atoms with E-state index in [1.807, 2.05) is 18.2 Å². The smallest absolute Gasteiger partial charge is 0.230 e. The predicted molar refractivity (Wildman–Crippen MR) is 101 cm³/mol. The van der Waals surface area contributed by atoms with Crippen molar-refractivity contribution in [3.63, 3.8) is 0 Å². The Hall–Kier alpha value is -2.50. The molecule has 5 nitrogen and oxygen atoms in total. The molecule has 26 heavy (non-hydrogen) atoms. The van der Waals surface area contributed by atoms with E-state index in [1.165, 1.54) is 11.1 Å². The minimum atomic E-state index is 0.347. The zero-order chi connectivity index (χ0) is 17.8. The summed E-state index contributed by atoms with van der Waals surface area (Å²) in [6, 6.07) is 21.2. The number of hydrogen-bond donors (Lipinski definition) is 0. The lowest BCUT2D eigenvalue weighted by Gasteiger charge is -2.39. The molecule has 0 spiro atoms. The van der Waals surface area contributed by atoms with Crippen LogP contribution in [-0.4, -0.2) is 46.7 Å². The first kappa shape index (κ1) is 16.9. The van der Waals surface area contributed by atoms with Gasteiger partial charge < -0.3 is 9.32 Å². The Kier molecular flexibility index (Phi) is 5.09. The highest BCUT2D eigenvalue weighted by molar-refractivity contribution is 5.20. The summed E-state index contributed by atoms with van der Waals surface area (Å²) in [6.07, 6.45) is 0.679. The van der Waals surface area contributed by atoms with Gasteiger partial charge in [-0.15, -0.1) is 10.2 Å². The molecule has 1 aliphatic rings. The summed E-state index contributed by atoms with van der Waals surface area (Å²) in [6.45, 7) is 3.74. The summed E-state index contributed by atoms with van der Waals surface area (Å²) in [4.78, 5) is 4.82. The second-order valence-electron chi connectivity index (χ2n) is 6.91. The molecule has 0 unspecified atom stereocenters. The predicted octanol–water partition coefficient (Wildman–Crippen LogP) is 3.15. The number of hydrogen-bond acceptors (Lipinski definition) is 5. The molecule has 0 saturated carbocycles. The fourth-order valence-corrected chi connectivity index (χ4v) is 3.51. The van der Waals surface area contributed by atoms with Crippen molar-refractivity contribution in [1.82, 2.24) is 20.0 Å². The molecule has 1 fully saturated rings. The van der Waals surface area contributed by atoms with Crippen LogP contribution in [0.2, 0.25) is 0 Å². The Morgan fingerprint density at radius 1 is 0.923 bits per heavy atom. The summed E-state index contributed by atoms with van der Waals surface area (Å²) in [5, 5.41) is 8.52. The molecule has 2 heterocycles. The highest BCUT2D eigenvalue weighted by Gasteiger charge is 2.27. The largest absolute Gasteiger partial charge is 0.424 e. The molecule has 1 atom stereocenters. The molecular formula is C21H24N4O. The molecule has 0 aliphatic carbocycles. The van der Waals surface area contributed by atoms with Crippen LogP contribution in [0.5, 0.6) is 0 Å². The normalized spacial score (nSPS) is 18.9. The van der Waals surface area contributed by atoms with E-state index < -0.39 is 0 Å². The van der Waals surface area contributed by atoms with E-state index in [0.29, 0.717) is 30.8 Å². The van der Waals surface area contributed by atoms with Gasteiger partial charge in [0.1, 0.15) is 0 Å². The summed E-state index contributed by atoms with van der Waals surface area (Å²) in [5.41, 5.74) is 2.52. The molecule has 1 saturated heterocycles. The monoisotopic (exact) mass is 348 g/mol. The van der Waals surface area contributed by atoms with E-state index in [1.54, 1.807) is 0 Å². The van der Waals surface area contributed by atoms with E-state index in [4.69, 9.17) is 4.42 Å². The SMILES string of the molecule is CN1CCN(Cc2nnc(Cc3ccccc3)o2)[C@@H](c2ccccc2)C1. The van der Waals surface area contributed by atoms with Gasteiger partial charge in [-0.1, -0.05) is 60.7 Å². The maximum Gasteiger partial charge on any atom is 0.230 e. The van der Waals surface area contributed by atoms with Gasteiger partial charge in [0.2, 0.25) is 11.8 Å². The van der Waals surface area contributed by atoms with Gasteiger partial charge in [-0.25, -0.2) is 0 Å². The van der Waals surface area contributed by atoms with Gasteiger partial charge in [-0.2, -0.15) is 0 Å². The van der Waals surface area contributed by atoms with Crippen molar-refractivity contribution < 1.29 is 4.42 Å². The van der Waals surface area contributed by atoms with E-state index in [-0.39, 0.29) is 0 Å². The van der Waals surface area contributed by atoms with Crippen LogP contribution in [0.25, 0.3) is 0 Å². The van der Waals surface area contributed by atoms with E-state index >= 15 is 0 Å². The van der Waals surface area contributed by atoms with Gasteiger partial charge in [0.05, 0.1) is 13.0 Å². The standard InChI is InChI=1S/C21H24N4O/c1-24-12-13-25(19(15-24)18-10-6-3-7-11-18)16-21-23-22-20(26-21)14-17-8-4-2-5-9-17/h2-11,19H,12-16H2,1H3/t19-/m1/s1. The molecule has 1 aromatic heterocycles.